The van der Waals surface area contributed by atoms with Crippen LogP contribution in [-0.4, -0.2) is 18.4 Å². The zero-order valence-electron chi connectivity index (χ0n) is 12.7. The lowest BCUT2D eigenvalue weighted by atomic mass is 10.1. The Morgan fingerprint density at radius 3 is 2.35 bits per heavy atom. The van der Waals surface area contributed by atoms with Crippen molar-refractivity contribution in [2.45, 2.75) is 6.92 Å². The van der Waals surface area contributed by atoms with Crippen molar-refractivity contribution in [2.24, 2.45) is 0 Å². The van der Waals surface area contributed by atoms with E-state index >= 15 is 0 Å². The highest BCUT2D eigenvalue weighted by molar-refractivity contribution is 6.34. The molecule has 0 spiro atoms. The van der Waals surface area contributed by atoms with Crippen LogP contribution in [0.15, 0.2) is 60.3 Å². The van der Waals surface area contributed by atoms with Crippen LogP contribution in [0, 0.1) is 0 Å². The van der Waals surface area contributed by atoms with E-state index in [1.54, 1.807) is 30.3 Å². The molecule has 2 amide bonds. The van der Waals surface area contributed by atoms with Crippen LogP contribution < -0.4 is 10.6 Å². The van der Waals surface area contributed by atoms with E-state index in [9.17, 15) is 9.59 Å². The number of nitrogens with one attached hydrogen (secondary N) is 2. The van der Waals surface area contributed by atoms with Gasteiger partial charge in [-0.3, -0.25) is 9.59 Å². The Balaban J connectivity index is 2.28. The highest BCUT2D eigenvalue weighted by atomic mass is 35.5. The van der Waals surface area contributed by atoms with Gasteiger partial charge >= 0.3 is 0 Å². The first-order valence-electron chi connectivity index (χ1n) is 7.22. The molecule has 0 heterocycles. The zero-order chi connectivity index (χ0) is 16.7. The van der Waals surface area contributed by atoms with Gasteiger partial charge in [0.15, 0.2) is 0 Å². The van der Waals surface area contributed by atoms with Crippen LogP contribution >= 0.6 is 11.6 Å². The molecule has 0 unspecified atom stereocenters. The maximum atomic E-state index is 12.4. The molecule has 0 bridgehead atoms. The van der Waals surface area contributed by atoms with Crippen molar-refractivity contribution in [1.29, 1.82) is 0 Å². The summed E-state index contributed by atoms with van der Waals surface area (Å²) in [7, 11) is 0. The molecule has 0 aliphatic rings. The number of halogens is 1. The molecule has 0 saturated carbocycles. The van der Waals surface area contributed by atoms with E-state index in [1.165, 1.54) is 0 Å². The second kappa shape index (κ2) is 8.15. The fourth-order valence-corrected chi connectivity index (χ4v) is 2.19. The molecule has 0 saturated heterocycles. The van der Waals surface area contributed by atoms with Crippen LogP contribution in [0.4, 0.5) is 0 Å². The fraction of sp³-hybridized carbons (Fsp3) is 0.111. The Kier molecular flexibility index (Phi) is 5.94. The highest BCUT2D eigenvalue weighted by Gasteiger charge is 2.15. The predicted octanol–water partition coefficient (Wildman–Crippen LogP) is 3.25. The zero-order valence-corrected chi connectivity index (χ0v) is 13.4. The normalized spacial score (nSPS) is 11.0. The summed E-state index contributed by atoms with van der Waals surface area (Å²) in [5.41, 5.74) is 1.30. The molecule has 0 aliphatic carbocycles. The quantitative estimate of drug-likeness (QED) is 0.828. The van der Waals surface area contributed by atoms with E-state index in [0.29, 0.717) is 17.1 Å². The average molecular weight is 329 g/mol. The second-order valence-electron chi connectivity index (χ2n) is 4.76. The SMILES string of the molecule is CCNC(=O)/C(=C/c1ccccc1)NC(=O)c1ccccc1Cl. The number of benzene rings is 2. The van der Waals surface area contributed by atoms with Gasteiger partial charge in [0, 0.05) is 6.54 Å². The van der Waals surface area contributed by atoms with E-state index in [-0.39, 0.29) is 11.6 Å². The number of rotatable bonds is 5. The molecule has 2 aromatic carbocycles. The second-order valence-corrected chi connectivity index (χ2v) is 5.17. The van der Waals surface area contributed by atoms with E-state index in [1.807, 2.05) is 37.3 Å². The lowest BCUT2D eigenvalue weighted by Gasteiger charge is -2.11. The van der Waals surface area contributed by atoms with Gasteiger partial charge in [-0.05, 0) is 30.7 Å². The average Bonchev–Trinajstić information content (AvgIpc) is 2.55. The van der Waals surface area contributed by atoms with Crippen molar-refractivity contribution in [3.63, 3.8) is 0 Å². The molecule has 2 rings (SSSR count). The summed E-state index contributed by atoms with van der Waals surface area (Å²) >= 11 is 6.02. The molecule has 0 atom stereocenters. The monoisotopic (exact) mass is 328 g/mol. The van der Waals surface area contributed by atoms with Crippen molar-refractivity contribution in [2.75, 3.05) is 6.54 Å². The number of hydrogen-bond acceptors (Lipinski definition) is 2. The molecule has 5 heteroatoms. The Morgan fingerprint density at radius 1 is 1.04 bits per heavy atom. The van der Waals surface area contributed by atoms with Gasteiger partial charge in [-0.1, -0.05) is 54.1 Å². The lowest BCUT2D eigenvalue weighted by molar-refractivity contribution is -0.117. The third kappa shape index (κ3) is 4.69. The smallest absolute Gasteiger partial charge is 0.267 e. The van der Waals surface area contributed by atoms with Gasteiger partial charge in [0.2, 0.25) is 0 Å². The summed E-state index contributed by atoms with van der Waals surface area (Å²) in [5.74, 6) is -0.777. The van der Waals surface area contributed by atoms with Crippen molar-refractivity contribution in [1.82, 2.24) is 10.6 Å². The molecular formula is C18H17ClN2O2. The molecule has 0 radical (unpaired) electrons. The predicted molar refractivity (Wildman–Crippen MR) is 92.0 cm³/mol. The molecular weight excluding hydrogens is 312 g/mol. The lowest BCUT2D eigenvalue weighted by Crippen LogP contribution is -2.34. The Hall–Kier alpha value is -2.59. The van der Waals surface area contributed by atoms with E-state index in [0.717, 1.165) is 5.56 Å². The van der Waals surface area contributed by atoms with Gasteiger partial charge < -0.3 is 10.6 Å². The molecule has 0 fully saturated rings. The molecule has 4 nitrogen and oxygen atoms in total. The Labute approximate surface area is 140 Å². The third-order valence-corrected chi connectivity index (χ3v) is 3.39. The van der Waals surface area contributed by atoms with Gasteiger partial charge in [0.05, 0.1) is 10.6 Å². The summed E-state index contributed by atoms with van der Waals surface area (Å²) in [6.45, 7) is 2.28. The molecule has 2 aromatic rings. The molecule has 0 aliphatic heterocycles. The first-order chi connectivity index (χ1) is 11.1. The molecule has 118 valence electrons. The van der Waals surface area contributed by atoms with Gasteiger partial charge in [0.25, 0.3) is 11.8 Å². The van der Waals surface area contributed by atoms with Crippen molar-refractivity contribution in [3.05, 3.63) is 76.4 Å². The summed E-state index contributed by atoms with van der Waals surface area (Å²) < 4.78 is 0. The fourth-order valence-electron chi connectivity index (χ4n) is 1.97. The van der Waals surface area contributed by atoms with Crippen molar-refractivity contribution in [3.8, 4) is 0 Å². The molecule has 0 aromatic heterocycles. The topological polar surface area (TPSA) is 58.2 Å². The first-order valence-corrected chi connectivity index (χ1v) is 7.60. The van der Waals surface area contributed by atoms with Gasteiger partial charge in [-0.2, -0.15) is 0 Å². The number of hydrogen-bond donors (Lipinski definition) is 2. The first kappa shape index (κ1) is 16.8. The van der Waals surface area contributed by atoms with Crippen molar-refractivity contribution >= 4 is 29.5 Å². The standard InChI is InChI=1S/C18H17ClN2O2/c1-2-20-18(23)16(12-13-8-4-3-5-9-13)21-17(22)14-10-6-7-11-15(14)19/h3-12H,2H2,1H3,(H,20,23)(H,21,22)/b16-12-. The summed E-state index contributed by atoms with van der Waals surface area (Å²) in [6.07, 6.45) is 1.62. The Morgan fingerprint density at radius 2 is 1.70 bits per heavy atom. The van der Waals surface area contributed by atoms with Crippen LogP contribution in [0.5, 0.6) is 0 Å². The summed E-state index contributed by atoms with van der Waals surface area (Å²) in [4.78, 5) is 24.5. The molecule has 23 heavy (non-hydrogen) atoms. The van der Waals surface area contributed by atoms with Gasteiger partial charge in [0.1, 0.15) is 5.70 Å². The molecule has 2 N–H and O–H groups in total. The van der Waals surface area contributed by atoms with Crippen LogP contribution in [-0.2, 0) is 4.79 Å². The van der Waals surface area contributed by atoms with E-state index in [2.05, 4.69) is 10.6 Å². The number of likely N-dealkylation sites (N-methyl/N-ethyl adjacent to an activating group) is 1. The summed E-state index contributed by atoms with van der Waals surface area (Å²) in [6, 6.07) is 16.0. The van der Waals surface area contributed by atoms with Crippen LogP contribution in [0.2, 0.25) is 5.02 Å². The van der Waals surface area contributed by atoms with Gasteiger partial charge in [-0.15, -0.1) is 0 Å². The van der Waals surface area contributed by atoms with Crippen molar-refractivity contribution < 1.29 is 9.59 Å². The number of carbonyl (C=O) groups is 2. The highest BCUT2D eigenvalue weighted by Crippen LogP contribution is 2.15. The largest absolute Gasteiger partial charge is 0.351 e. The minimum absolute atomic E-state index is 0.169. The van der Waals surface area contributed by atoms with Crippen LogP contribution in [0.3, 0.4) is 0 Å². The number of amides is 2. The minimum atomic E-state index is -0.427. The summed E-state index contributed by atoms with van der Waals surface area (Å²) in [5, 5.41) is 5.65. The van der Waals surface area contributed by atoms with Crippen LogP contribution in [0.25, 0.3) is 6.08 Å². The van der Waals surface area contributed by atoms with E-state index in [4.69, 9.17) is 11.6 Å². The van der Waals surface area contributed by atoms with Gasteiger partial charge in [-0.25, -0.2) is 0 Å². The Bertz CT molecular complexity index is 727. The maximum Gasteiger partial charge on any atom is 0.267 e. The van der Waals surface area contributed by atoms with E-state index < -0.39 is 5.91 Å². The third-order valence-electron chi connectivity index (χ3n) is 3.06. The number of carbonyl (C=O) groups excluding carboxylic acids is 2. The maximum absolute atomic E-state index is 12.4. The minimum Gasteiger partial charge on any atom is -0.351 e. The van der Waals surface area contributed by atoms with Crippen LogP contribution in [0.1, 0.15) is 22.8 Å².